The summed E-state index contributed by atoms with van der Waals surface area (Å²) in [6, 6.07) is 23.5. The monoisotopic (exact) mass is 721 g/mol. The van der Waals surface area contributed by atoms with Crippen LogP contribution < -0.4 is 20.4 Å². The predicted octanol–water partition coefficient (Wildman–Crippen LogP) is 7.57. The van der Waals surface area contributed by atoms with Gasteiger partial charge in [0, 0.05) is 65.6 Å². The number of nitrogens with zero attached hydrogens (tertiary/aromatic N) is 3. The number of aryl methyl sites for hydroxylation is 1. The lowest BCUT2D eigenvalue weighted by molar-refractivity contribution is -0.000518. The lowest BCUT2D eigenvalue weighted by atomic mass is 9.73. The zero-order valence-electron chi connectivity index (χ0n) is 28.5. The van der Waals surface area contributed by atoms with Crippen LogP contribution in [0.2, 0.25) is 0 Å². The van der Waals surface area contributed by atoms with Gasteiger partial charge < -0.3 is 30.3 Å². The van der Waals surface area contributed by atoms with E-state index in [1.807, 2.05) is 49.4 Å². The van der Waals surface area contributed by atoms with Crippen molar-refractivity contribution in [1.82, 2.24) is 4.98 Å². The molecule has 8 rings (SSSR count). The van der Waals surface area contributed by atoms with Crippen LogP contribution in [0.1, 0.15) is 56.6 Å². The third kappa shape index (κ3) is 6.42. The van der Waals surface area contributed by atoms with E-state index in [1.54, 1.807) is 29.2 Å². The summed E-state index contributed by atoms with van der Waals surface area (Å²) in [7, 11) is 0. The van der Waals surface area contributed by atoms with Gasteiger partial charge in [0.05, 0.1) is 21.8 Å². The Balaban J connectivity index is 0.969. The lowest BCUT2D eigenvalue weighted by Gasteiger charge is -2.53. The smallest absolute Gasteiger partial charge is 0.259 e. The highest BCUT2D eigenvalue weighted by atomic mass is 32.1. The van der Waals surface area contributed by atoms with Crippen LogP contribution in [0.3, 0.4) is 0 Å². The molecule has 0 bridgehead atoms. The molecule has 266 valence electrons. The number of hydrogen-bond donors (Lipinski definition) is 3. The number of ether oxygens (including phenoxy) is 1. The number of carbonyl (C=O) groups excluding carboxylic acids is 2. The van der Waals surface area contributed by atoms with E-state index >= 15 is 0 Å². The van der Waals surface area contributed by atoms with E-state index in [9.17, 15) is 23.5 Å². The van der Waals surface area contributed by atoms with Crippen LogP contribution in [0.15, 0.2) is 84.9 Å². The SMILES string of the molecule is Cc1ccc(C(=O)Nc2ccc(C(=O)N3CCc4cc(NC(O)c5c(F)cccc5F)sc4-c4ccccc43)cc2)c(N2CC3(CCOCC3)C2)n1. The van der Waals surface area contributed by atoms with E-state index in [2.05, 4.69) is 15.5 Å². The average Bonchev–Trinajstić information content (AvgIpc) is 3.46. The van der Waals surface area contributed by atoms with Crippen LogP contribution in [0, 0.1) is 24.0 Å². The highest BCUT2D eigenvalue weighted by Gasteiger charge is 2.45. The van der Waals surface area contributed by atoms with Crippen molar-refractivity contribution in [2.24, 2.45) is 5.41 Å². The number of thiophene rings is 1. The number of aliphatic hydroxyl groups is 1. The number of carbonyl (C=O) groups is 2. The number of rotatable bonds is 7. The predicted molar refractivity (Wildman–Crippen MR) is 198 cm³/mol. The van der Waals surface area contributed by atoms with Gasteiger partial charge in [0.25, 0.3) is 11.8 Å². The van der Waals surface area contributed by atoms with Gasteiger partial charge in [-0.2, -0.15) is 0 Å². The Labute approximate surface area is 303 Å². The summed E-state index contributed by atoms with van der Waals surface area (Å²) in [5.41, 5.74) is 4.68. The van der Waals surface area contributed by atoms with Crippen molar-refractivity contribution in [2.45, 2.75) is 32.4 Å². The van der Waals surface area contributed by atoms with Crippen molar-refractivity contribution in [3.63, 3.8) is 0 Å². The molecule has 52 heavy (non-hydrogen) atoms. The molecule has 5 aromatic rings. The number of amides is 2. The molecular formula is C40H37F2N5O4S. The summed E-state index contributed by atoms with van der Waals surface area (Å²) in [6.07, 6.45) is 0.978. The van der Waals surface area contributed by atoms with Crippen molar-refractivity contribution in [3.05, 3.63) is 125 Å². The number of halogens is 2. The quantitative estimate of drug-likeness (QED) is 0.149. The molecule has 3 N–H and O–H groups in total. The molecule has 0 radical (unpaired) electrons. The number of fused-ring (bicyclic) bond motifs is 3. The molecule has 9 nitrogen and oxygen atoms in total. The van der Waals surface area contributed by atoms with E-state index in [0.29, 0.717) is 40.6 Å². The summed E-state index contributed by atoms with van der Waals surface area (Å²) in [6.45, 7) is 5.56. The largest absolute Gasteiger partial charge is 0.381 e. The van der Waals surface area contributed by atoms with E-state index in [1.165, 1.54) is 17.4 Å². The van der Waals surface area contributed by atoms with Crippen LogP contribution in [-0.4, -0.2) is 54.8 Å². The zero-order chi connectivity index (χ0) is 36.0. The standard InChI is InChI=1S/C40H37F2N5O4S/c1-24-9-14-29(36(43-24)46-22-40(23-46)16-19-51-20-17-40)37(48)44-27-12-10-25(11-13-27)39(50)47-18-15-26-21-33(52-35(26)28-5-2-3-8-32(28)47)45-38(49)34-30(41)6-4-7-31(34)42/h2-14,21,38,45,49H,15-20,22-23H2,1H3,(H,44,48). The number of aromatic nitrogens is 1. The van der Waals surface area contributed by atoms with Gasteiger partial charge in [-0.3, -0.25) is 9.59 Å². The third-order valence-electron chi connectivity index (χ3n) is 10.2. The number of nitrogens with one attached hydrogen (secondary N) is 2. The van der Waals surface area contributed by atoms with Crippen LogP contribution in [0.5, 0.6) is 0 Å². The molecule has 1 atom stereocenters. The van der Waals surface area contributed by atoms with E-state index in [4.69, 9.17) is 9.72 Å². The number of pyridine rings is 1. The maximum Gasteiger partial charge on any atom is 0.259 e. The van der Waals surface area contributed by atoms with Crippen LogP contribution in [0.4, 0.5) is 31.0 Å². The van der Waals surface area contributed by atoms with Gasteiger partial charge in [0.15, 0.2) is 6.23 Å². The van der Waals surface area contributed by atoms with Crippen LogP contribution in [-0.2, 0) is 11.2 Å². The summed E-state index contributed by atoms with van der Waals surface area (Å²) in [5.74, 6) is -1.43. The first-order valence-electron chi connectivity index (χ1n) is 17.3. The first-order chi connectivity index (χ1) is 25.2. The third-order valence-corrected chi connectivity index (χ3v) is 11.3. The molecule has 2 saturated heterocycles. The summed E-state index contributed by atoms with van der Waals surface area (Å²) < 4.78 is 34.2. The lowest BCUT2D eigenvalue weighted by Crippen LogP contribution is -2.59. The first kappa shape index (κ1) is 33.9. The van der Waals surface area contributed by atoms with Crippen molar-refractivity contribution in [2.75, 3.05) is 53.3 Å². The minimum Gasteiger partial charge on any atom is -0.381 e. The minimum absolute atomic E-state index is 0.186. The Bertz CT molecular complexity index is 2140. The number of aliphatic hydroxyl groups excluding tert-OH is 1. The molecule has 1 unspecified atom stereocenters. The minimum atomic E-state index is -1.58. The Kier molecular flexibility index (Phi) is 8.98. The van der Waals surface area contributed by atoms with Crippen molar-refractivity contribution < 1.29 is 28.2 Å². The Hall–Kier alpha value is -5.17. The fourth-order valence-corrected chi connectivity index (χ4v) is 8.57. The molecule has 3 aliphatic heterocycles. The second kappa shape index (κ2) is 13.8. The Morgan fingerprint density at radius 2 is 1.69 bits per heavy atom. The number of anilines is 4. The van der Waals surface area contributed by atoms with Gasteiger partial charge >= 0.3 is 0 Å². The molecule has 5 heterocycles. The highest BCUT2D eigenvalue weighted by molar-refractivity contribution is 7.19. The van der Waals surface area contributed by atoms with Gasteiger partial charge in [0.2, 0.25) is 0 Å². The molecule has 2 aromatic heterocycles. The summed E-state index contributed by atoms with van der Waals surface area (Å²) in [5, 5.41) is 17.0. The first-order valence-corrected chi connectivity index (χ1v) is 18.1. The maximum absolute atomic E-state index is 14.3. The number of hydrogen-bond acceptors (Lipinski definition) is 8. The normalized spacial score (nSPS) is 16.7. The van der Waals surface area contributed by atoms with Crippen molar-refractivity contribution in [1.29, 1.82) is 0 Å². The molecule has 3 aromatic carbocycles. The summed E-state index contributed by atoms with van der Waals surface area (Å²) >= 11 is 1.35. The molecular weight excluding hydrogens is 685 g/mol. The molecule has 0 saturated carbocycles. The fraction of sp³-hybridized carbons (Fsp3) is 0.275. The number of benzene rings is 3. The van der Waals surface area contributed by atoms with E-state index in [-0.39, 0.29) is 17.2 Å². The second-order valence-electron chi connectivity index (χ2n) is 13.7. The number of para-hydroxylation sites is 1. The van der Waals surface area contributed by atoms with Gasteiger partial charge in [-0.1, -0.05) is 24.3 Å². The summed E-state index contributed by atoms with van der Waals surface area (Å²) in [4.78, 5) is 37.1. The Morgan fingerprint density at radius 1 is 0.962 bits per heavy atom. The molecule has 2 amide bonds. The second-order valence-corrected chi connectivity index (χ2v) is 14.7. The molecule has 0 aliphatic carbocycles. The molecule has 1 spiro atoms. The van der Waals surface area contributed by atoms with Crippen molar-refractivity contribution >= 4 is 45.3 Å². The topological polar surface area (TPSA) is 107 Å². The van der Waals surface area contributed by atoms with E-state index in [0.717, 1.165) is 78.7 Å². The molecule has 2 fully saturated rings. The highest BCUT2D eigenvalue weighted by Crippen LogP contribution is 2.45. The van der Waals surface area contributed by atoms with Crippen LogP contribution in [0.25, 0.3) is 10.4 Å². The van der Waals surface area contributed by atoms with Gasteiger partial charge in [0.1, 0.15) is 17.5 Å². The van der Waals surface area contributed by atoms with Crippen LogP contribution >= 0.6 is 11.3 Å². The van der Waals surface area contributed by atoms with Gasteiger partial charge in [-0.15, -0.1) is 11.3 Å². The van der Waals surface area contributed by atoms with E-state index < -0.39 is 23.4 Å². The van der Waals surface area contributed by atoms with Gasteiger partial charge in [-0.25, -0.2) is 13.8 Å². The Morgan fingerprint density at radius 3 is 2.44 bits per heavy atom. The fourth-order valence-electron chi connectivity index (χ4n) is 7.40. The zero-order valence-corrected chi connectivity index (χ0v) is 29.3. The van der Waals surface area contributed by atoms with Gasteiger partial charge in [-0.05, 0) is 92.4 Å². The molecule has 3 aliphatic rings. The maximum atomic E-state index is 14.3. The van der Waals surface area contributed by atoms with Crippen molar-refractivity contribution in [3.8, 4) is 10.4 Å². The molecule has 12 heteroatoms. The average molecular weight is 722 g/mol.